The molecule has 11 atom stereocenters. The summed E-state index contributed by atoms with van der Waals surface area (Å²) in [6.07, 6.45) is 5.50. The van der Waals surface area contributed by atoms with E-state index < -0.39 is 54.8 Å². The fraction of sp³-hybridized carbons (Fsp3) is 0.645. The van der Waals surface area contributed by atoms with Gasteiger partial charge >= 0.3 is 5.97 Å². The first-order chi connectivity index (χ1) is 20.9. The van der Waals surface area contributed by atoms with E-state index in [1.807, 2.05) is 13.0 Å². The highest BCUT2D eigenvalue weighted by molar-refractivity contribution is 5.96. The number of aliphatic hydroxyl groups is 5. The number of aromatic nitrogens is 2. The third-order valence-electron chi connectivity index (χ3n) is 10.6. The molecule has 4 heterocycles. The Hall–Kier alpha value is -2.75. The van der Waals surface area contributed by atoms with Crippen LogP contribution >= 0.6 is 0 Å². The van der Waals surface area contributed by atoms with Crippen molar-refractivity contribution in [3.05, 3.63) is 47.5 Å². The van der Waals surface area contributed by atoms with Gasteiger partial charge in [0.05, 0.1) is 37.1 Å². The molecule has 13 heteroatoms. The Morgan fingerprint density at radius 3 is 2.48 bits per heavy atom. The highest BCUT2D eigenvalue weighted by Gasteiger charge is 2.67. The molecule has 4 fully saturated rings. The Bertz CT molecular complexity index is 1340. The van der Waals surface area contributed by atoms with E-state index >= 15 is 0 Å². The number of rotatable bonds is 7. The number of ether oxygens (including phenoxy) is 4. The van der Waals surface area contributed by atoms with Crippen LogP contribution in [0.2, 0.25) is 0 Å². The average molecular weight is 616 g/mol. The van der Waals surface area contributed by atoms with E-state index in [-0.39, 0.29) is 35.4 Å². The smallest absolute Gasteiger partial charge is 0.343 e. The van der Waals surface area contributed by atoms with Gasteiger partial charge in [0.1, 0.15) is 30.2 Å². The van der Waals surface area contributed by atoms with Gasteiger partial charge in [0.25, 0.3) is 0 Å². The fourth-order valence-electron chi connectivity index (χ4n) is 8.07. The van der Waals surface area contributed by atoms with Crippen molar-refractivity contribution in [3.8, 4) is 0 Å². The minimum absolute atomic E-state index is 0.0291. The van der Waals surface area contributed by atoms with E-state index in [9.17, 15) is 30.3 Å². The molecule has 13 nitrogen and oxygen atoms in total. The summed E-state index contributed by atoms with van der Waals surface area (Å²) < 4.78 is 23.4. The van der Waals surface area contributed by atoms with Crippen molar-refractivity contribution in [3.63, 3.8) is 0 Å². The predicted molar refractivity (Wildman–Crippen MR) is 154 cm³/mol. The number of hydrogen-bond acceptors (Lipinski definition) is 13. The minimum Gasteiger partial charge on any atom is -0.423 e. The van der Waals surface area contributed by atoms with Gasteiger partial charge in [-0.3, -0.25) is 0 Å². The molecule has 240 valence electrons. The summed E-state index contributed by atoms with van der Waals surface area (Å²) in [6.45, 7) is 4.02. The van der Waals surface area contributed by atoms with Crippen molar-refractivity contribution >= 4 is 18.0 Å². The van der Waals surface area contributed by atoms with Gasteiger partial charge in [-0.15, -0.1) is 0 Å². The number of fused-ring (bicyclic) bond motifs is 1. The van der Waals surface area contributed by atoms with Crippen molar-refractivity contribution in [2.45, 2.75) is 81.9 Å². The van der Waals surface area contributed by atoms with E-state index in [1.165, 1.54) is 12.4 Å². The van der Waals surface area contributed by atoms with Crippen molar-refractivity contribution in [1.29, 1.82) is 0 Å². The second-order valence-electron chi connectivity index (χ2n) is 13.2. The maximum atomic E-state index is 12.7. The van der Waals surface area contributed by atoms with Crippen LogP contribution < -0.4 is 5.73 Å². The maximum absolute atomic E-state index is 12.7. The summed E-state index contributed by atoms with van der Waals surface area (Å²) in [5.41, 5.74) is 5.15. The first-order valence-electron chi connectivity index (χ1n) is 15.1. The molecule has 1 aromatic heterocycles. The lowest BCUT2D eigenvalue weighted by Gasteiger charge is -2.61. The topological polar surface area (TPSA) is 210 Å². The van der Waals surface area contributed by atoms with Crippen LogP contribution in [0, 0.1) is 22.7 Å². The third-order valence-corrected chi connectivity index (χ3v) is 10.6. The van der Waals surface area contributed by atoms with Gasteiger partial charge in [0.15, 0.2) is 6.29 Å². The molecular formula is C31H41N3O10. The standard InChI is InChI=1S/C31H41N3O10/c1-29-7-6-22(44-27-25(39)24(38)23(37)19(13-35)43-27)30(2,14-36)20(29)5-8-31(15-41-31)21(29)4-3-17-10-18(42-26(17)40)9-16-11-33-28(32)34-12-16/h3-4,9-12,19-25,27,35-39H,5-8,13-15H2,1-2H3,(H2,32,33,34)/b4-3+,18-9+/t19?,20?,21?,22-,23?,24?,25?,27?,29+,30+,31?/m1/s1. The fourth-order valence-corrected chi connectivity index (χ4v) is 8.07. The van der Waals surface area contributed by atoms with Gasteiger partial charge in [-0.05, 0) is 49.2 Å². The molecule has 2 saturated heterocycles. The molecule has 7 N–H and O–H groups in total. The summed E-state index contributed by atoms with van der Waals surface area (Å²) in [5.74, 6) is -0.0495. The van der Waals surface area contributed by atoms with Crippen LogP contribution in [-0.4, -0.2) is 104 Å². The van der Waals surface area contributed by atoms with Gasteiger partial charge in [-0.25, -0.2) is 14.8 Å². The molecule has 2 aliphatic carbocycles. The highest BCUT2D eigenvalue weighted by Crippen LogP contribution is 2.66. The molecule has 8 unspecified atom stereocenters. The number of allylic oxidation sites excluding steroid dienone is 1. The van der Waals surface area contributed by atoms with Crippen LogP contribution in [-0.2, 0) is 23.7 Å². The van der Waals surface area contributed by atoms with E-state index in [1.54, 1.807) is 18.2 Å². The normalized spacial score (nSPS) is 44.6. The van der Waals surface area contributed by atoms with Crippen LogP contribution in [0.1, 0.15) is 45.1 Å². The second-order valence-corrected chi connectivity index (χ2v) is 13.2. The third kappa shape index (κ3) is 5.28. The molecule has 0 aromatic carbocycles. The van der Waals surface area contributed by atoms with E-state index in [2.05, 4.69) is 16.9 Å². The molecule has 2 saturated carbocycles. The highest BCUT2D eigenvalue weighted by atomic mass is 16.7. The zero-order chi connectivity index (χ0) is 31.4. The molecule has 1 spiro atoms. The number of hydrogen-bond donors (Lipinski definition) is 6. The largest absolute Gasteiger partial charge is 0.423 e. The Balaban J connectivity index is 1.23. The van der Waals surface area contributed by atoms with Crippen molar-refractivity contribution in [2.75, 3.05) is 25.6 Å². The number of nitrogen functional groups attached to an aromatic ring is 1. The van der Waals surface area contributed by atoms with Crippen molar-refractivity contribution in [2.24, 2.45) is 22.7 Å². The molecule has 0 radical (unpaired) electrons. The van der Waals surface area contributed by atoms with E-state index in [4.69, 9.17) is 24.7 Å². The SMILES string of the molecule is C[C@]12CC[C@@H](OC3OC(CO)C(O)C(O)C3O)[C@@](C)(CO)C1CCC1(CO1)C2/C=C/C1=CC(=C\c2cnc(N)nc2)/OC1=O. The molecule has 6 rings (SSSR count). The Kier molecular flexibility index (Phi) is 8.21. The van der Waals surface area contributed by atoms with Crippen molar-refractivity contribution in [1.82, 2.24) is 9.97 Å². The number of nitrogens with two attached hydrogens (primary N) is 1. The summed E-state index contributed by atoms with van der Waals surface area (Å²) in [6, 6.07) is 0. The predicted octanol–water partition coefficient (Wildman–Crippen LogP) is 0.218. The molecular weight excluding hydrogens is 574 g/mol. The van der Waals surface area contributed by atoms with Gasteiger partial charge in [-0.1, -0.05) is 26.0 Å². The molecule has 0 amide bonds. The Labute approximate surface area is 255 Å². The molecule has 44 heavy (non-hydrogen) atoms. The van der Waals surface area contributed by atoms with E-state index in [0.717, 1.165) is 12.8 Å². The Morgan fingerprint density at radius 1 is 1.09 bits per heavy atom. The zero-order valence-corrected chi connectivity index (χ0v) is 24.8. The first kappa shape index (κ1) is 31.2. The summed E-state index contributed by atoms with van der Waals surface area (Å²) in [5, 5.41) is 51.5. The van der Waals surface area contributed by atoms with E-state index in [0.29, 0.717) is 36.3 Å². The van der Waals surface area contributed by atoms with Gasteiger partial charge in [-0.2, -0.15) is 0 Å². The average Bonchev–Trinajstić information content (AvgIpc) is 3.69. The molecule has 5 aliphatic rings. The lowest BCUT2D eigenvalue weighted by Crippen LogP contribution is -2.64. The molecule has 0 bridgehead atoms. The van der Waals surface area contributed by atoms with Crippen LogP contribution in [0.15, 0.2) is 42.0 Å². The second kappa shape index (κ2) is 11.6. The van der Waals surface area contributed by atoms with Gasteiger partial charge < -0.3 is 50.2 Å². The van der Waals surface area contributed by atoms with Crippen LogP contribution in [0.4, 0.5) is 5.95 Å². The molecule has 1 aromatic rings. The summed E-state index contributed by atoms with van der Waals surface area (Å²) >= 11 is 0. The van der Waals surface area contributed by atoms with Crippen LogP contribution in [0.5, 0.6) is 0 Å². The van der Waals surface area contributed by atoms with Gasteiger partial charge in [0, 0.05) is 29.3 Å². The first-order valence-corrected chi connectivity index (χ1v) is 15.1. The lowest BCUT2D eigenvalue weighted by molar-refractivity contribution is -0.330. The number of nitrogens with zero attached hydrogens (tertiary/aromatic N) is 2. The summed E-state index contributed by atoms with van der Waals surface area (Å²) in [4.78, 5) is 20.7. The Morgan fingerprint density at radius 2 is 1.82 bits per heavy atom. The number of carbonyl (C=O) groups is 1. The van der Waals surface area contributed by atoms with Gasteiger partial charge in [0.2, 0.25) is 5.95 Å². The number of aliphatic hydroxyl groups excluding tert-OH is 5. The number of cyclic esters (lactones) is 1. The quantitative estimate of drug-likeness (QED) is 0.138. The number of epoxide rings is 1. The number of anilines is 1. The molecule has 3 aliphatic heterocycles. The van der Waals surface area contributed by atoms with Crippen molar-refractivity contribution < 1.29 is 49.3 Å². The van der Waals surface area contributed by atoms with Crippen LogP contribution in [0.25, 0.3) is 6.08 Å². The minimum atomic E-state index is -1.55. The van der Waals surface area contributed by atoms with Crippen LogP contribution in [0.3, 0.4) is 0 Å². The number of carbonyl (C=O) groups excluding carboxylic acids is 1. The lowest BCUT2D eigenvalue weighted by atomic mass is 9.45. The number of esters is 1. The monoisotopic (exact) mass is 615 g/mol. The summed E-state index contributed by atoms with van der Waals surface area (Å²) in [7, 11) is 0. The zero-order valence-electron chi connectivity index (χ0n) is 24.8. The maximum Gasteiger partial charge on any atom is 0.343 e.